The molecule has 0 spiro atoms. The average Bonchev–Trinajstić information content (AvgIpc) is 2.97. The minimum Gasteiger partial charge on any atom is -0.487 e. The van der Waals surface area contributed by atoms with Gasteiger partial charge in [-0.3, -0.25) is 4.79 Å². The SMILES string of the molecule is Cc1onc(C(=O)NC2CCN(C)CC2)c1COc1ccccc1Cl. The maximum atomic E-state index is 12.6. The number of carbonyl (C=O) groups is 1. The van der Waals surface area contributed by atoms with Crippen molar-refractivity contribution in [3.63, 3.8) is 0 Å². The van der Waals surface area contributed by atoms with Crippen molar-refractivity contribution in [2.24, 2.45) is 0 Å². The highest BCUT2D eigenvalue weighted by Gasteiger charge is 2.24. The number of benzene rings is 1. The fourth-order valence-corrected chi connectivity index (χ4v) is 3.05. The smallest absolute Gasteiger partial charge is 0.274 e. The number of aryl methyl sites for hydroxylation is 1. The van der Waals surface area contributed by atoms with E-state index in [1.54, 1.807) is 19.1 Å². The van der Waals surface area contributed by atoms with Crippen molar-refractivity contribution in [3.8, 4) is 5.75 Å². The molecule has 1 aliphatic rings. The second-order valence-corrected chi connectivity index (χ2v) is 6.74. The zero-order valence-electron chi connectivity index (χ0n) is 14.4. The van der Waals surface area contributed by atoms with Gasteiger partial charge in [-0.05, 0) is 52.0 Å². The Morgan fingerprint density at radius 2 is 2.12 bits per heavy atom. The van der Waals surface area contributed by atoms with Gasteiger partial charge in [0.1, 0.15) is 18.1 Å². The summed E-state index contributed by atoms with van der Waals surface area (Å²) in [6.45, 7) is 3.90. The van der Waals surface area contributed by atoms with Crippen molar-refractivity contribution < 1.29 is 14.1 Å². The molecule has 1 fully saturated rings. The summed E-state index contributed by atoms with van der Waals surface area (Å²) in [4.78, 5) is 14.8. The van der Waals surface area contributed by atoms with Gasteiger partial charge in [0.05, 0.1) is 10.6 Å². The Bertz CT molecular complexity index is 739. The molecule has 0 bridgehead atoms. The molecule has 1 aromatic heterocycles. The summed E-state index contributed by atoms with van der Waals surface area (Å²) < 4.78 is 10.9. The predicted molar refractivity (Wildman–Crippen MR) is 95.0 cm³/mol. The molecule has 1 amide bonds. The maximum Gasteiger partial charge on any atom is 0.274 e. The molecule has 0 saturated carbocycles. The number of nitrogens with zero attached hydrogens (tertiary/aromatic N) is 2. The number of rotatable bonds is 5. The van der Waals surface area contributed by atoms with Crippen LogP contribution in [0, 0.1) is 6.92 Å². The van der Waals surface area contributed by atoms with E-state index in [1.165, 1.54) is 0 Å². The lowest BCUT2D eigenvalue weighted by molar-refractivity contribution is 0.0905. The van der Waals surface area contributed by atoms with Gasteiger partial charge in [-0.25, -0.2) is 0 Å². The lowest BCUT2D eigenvalue weighted by Gasteiger charge is -2.29. The Morgan fingerprint density at radius 1 is 1.40 bits per heavy atom. The molecular formula is C18H22ClN3O3. The Kier molecular flexibility index (Phi) is 5.60. The molecule has 2 heterocycles. The predicted octanol–water partition coefficient (Wildman–Crippen LogP) is 3.04. The first kappa shape index (κ1) is 17.8. The topological polar surface area (TPSA) is 67.6 Å². The van der Waals surface area contributed by atoms with Crippen LogP contribution < -0.4 is 10.1 Å². The molecule has 1 aromatic carbocycles. The van der Waals surface area contributed by atoms with E-state index < -0.39 is 0 Å². The highest BCUT2D eigenvalue weighted by atomic mass is 35.5. The van der Waals surface area contributed by atoms with Gasteiger partial charge >= 0.3 is 0 Å². The van der Waals surface area contributed by atoms with E-state index in [2.05, 4.69) is 22.4 Å². The monoisotopic (exact) mass is 363 g/mol. The van der Waals surface area contributed by atoms with Crippen LogP contribution in [0.4, 0.5) is 0 Å². The number of halogens is 1. The number of hydrogen-bond acceptors (Lipinski definition) is 5. The van der Waals surface area contributed by atoms with Crippen LogP contribution >= 0.6 is 11.6 Å². The van der Waals surface area contributed by atoms with Gasteiger partial charge < -0.3 is 19.5 Å². The standard InChI is InChI=1S/C18H22ClN3O3/c1-12-14(11-24-16-6-4-3-5-15(16)19)17(21-25-12)18(23)20-13-7-9-22(2)10-8-13/h3-6,13H,7-11H2,1-2H3,(H,20,23). The number of piperidine rings is 1. The highest BCUT2D eigenvalue weighted by Crippen LogP contribution is 2.25. The van der Waals surface area contributed by atoms with Crippen molar-refractivity contribution in [1.82, 2.24) is 15.4 Å². The number of ether oxygens (including phenoxy) is 1. The molecular weight excluding hydrogens is 342 g/mol. The Morgan fingerprint density at radius 3 is 2.84 bits per heavy atom. The summed E-state index contributed by atoms with van der Waals surface area (Å²) in [5.74, 6) is 0.913. The average molecular weight is 364 g/mol. The summed E-state index contributed by atoms with van der Waals surface area (Å²) in [7, 11) is 2.09. The largest absolute Gasteiger partial charge is 0.487 e. The molecule has 6 nitrogen and oxygen atoms in total. The third-order valence-corrected chi connectivity index (χ3v) is 4.77. The number of amides is 1. The zero-order valence-corrected chi connectivity index (χ0v) is 15.2. The van der Waals surface area contributed by atoms with E-state index in [1.807, 2.05) is 12.1 Å². The van der Waals surface area contributed by atoms with Gasteiger partial charge in [0.15, 0.2) is 5.69 Å². The molecule has 1 saturated heterocycles. The van der Waals surface area contributed by atoms with Crippen LogP contribution in [0.2, 0.25) is 5.02 Å². The lowest BCUT2D eigenvalue weighted by atomic mass is 10.1. The molecule has 1 aliphatic heterocycles. The lowest BCUT2D eigenvalue weighted by Crippen LogP contribution is -2.43. The van der Waals surface area contributed by atoms with E-state index in [4.69, 9.17) is 20.9 Å². The van der Waals surface area contributed by atoms with Crippen LogP contribution in [0.1, 0.15) is 34.7 Å². The Labute approximate surface area is 152 Å². The summed E-state index contributed by atoms with van der Waals surface area (Å²) in [5, 5.41) is 7.49. The van der Waals surface area contributed by atoms with Crippen molar-refractivity contribution in [2.45, 2.75) is 32.4 Å². The molecule has 2 aromatic rings. The summed E-state index contributed by atoms with van der Waals surface area (Å²) in [6, 6.07) is 7.38. The van der Waals surface area contributed by atoms with Gasteiger partial charge in [-0.2, -0.15) is 0 Å². The first-order valence-electron chi connectivity index (χ1n) is 8.36. The second kappa shape index (κ2) is 7.89. The third-order valence-electron chi connectivity index (χ3n) is 4.46. The number of carbonyl (C=O) groups excluding carboxylic acids is 1. The van der Waals surface area contributed by atoms with Gasteiger partial charge in [0, 0.05) is 6.04 Å². The summed E-state index contributed by atoms with van der Waals surface area (Å²) in [5.41, 5.74) is 0.925. The van der Waals surface area contributed by atoms with E-state index in [0.717, 1.165) is 25.9 Å². The van der Waals surface area contributed by atoms with Crippen molar-refractivity contribution in [2.75, 3.05) is 20.1 Å². The highest BCUT2D eigenvalue weighted by molar-refractivity contribution is 6.32. The van der Waals surface area contributed by atoms with Gasteiger partial charge in [-0.1, -0.05) is 28.9 Å². The number of likely N-dealkylation sites (tertiary alicyclic amines) is 1. The second-order valence-electron chi connectivity index (χ2n) is 6.34. The van der Waals surface area contributed by atoms with Crippen molar-refractivity contribution in [1.29, 1.82) is 0 Å². The molecule has 25 heavy (non-hydrogen) atoms. The number of hydrogen-bond donors (Lipinski definition) is 1. The quantitative estimate of drug-likeness (QED) is 0.884. The Balaban J connectivity index is 1.66. The minimum atomic E-state index is -0.218. The molecule has 0 aliphatic carbocycles. The fraction of sp³-hybridized carbons (Fsp3) is 0.444. The van der Waals surface area contributed by atoms with Crippen molar-refractivity contribution >= 4 is 17.5 Å². The van der Waals surface area contributed by atoms with Crippen LogP contribution in [0.15, 0.2) is 28.8 Å². The van der Waals surface area contributed by atoms with Crippen LogP contribution in [-0.4, -0.2) is 42.1 Å². The van der Waals surface area contributed by atoms with Crippen LogP contribution in [-0.2, 0) is 6.61 Å². The number of nitrogens with one attached hydrogen (secondary N) is 1. The van der Waals surface area contributed by atoms with E-state index in [9.17, 15) is 4.79 Å². The maximum absolute atomic E-state index is 12.6. The van der Waals surface area contributed by atoms with E-state index in [-0.39, 0.29) is 24.2 Å². The number of aromatic nitrogens is 1. The zero-order chi connectivity index (χ0) is 17.8. The van der Waals surface area contributed by atoms with Gasteiger partial charge in [-0.15, -0.1) is 0 Å². The normalized spacial score (nSPS) is 16.0. The van der Waals surface area contributed by atoms with Crippen LogP contribution in [0.3, 0.4) is 0 Å². The van der Waals surface area contributed by atoms with Crippen LogP contribution in [0.25, 0.3) is 0 Å². The molecule has 0 radical (unpaired) electrons. The van der Waals surface area contributed by atoms with E-state index in [0.29, 0.717) is 22.1 Å². The summed E-state index contributed by atoms with van der Waals surface area (Å²) in [6.07, 6.45) is 1.87. The van der Waals surface area contributed by atoms with Gasteiger partial charge in [0.2, 0.25) is 0 Å². The fourth-order valence-electron chi connectivity index (χ4n) is 2.86. The first-order valence-corrected chi connectivity index (χ1v) is 8.74. The van der Waals surface area contributed by atoms with Crippen molar-refractivity contribution in [3.05, 3.63) is 46.3 Å². The molecule has 134 valence electrons. The molecule has 1 N–H and O–H groups in total. The third kappa shape index (κ3) is 4.32. The molecule has 7 heteroatoms. The van der Waals surface area contributed by atoms with E-state index >= 15 is 0 Å². The molecule has 0 atom stereocenters. The Hall–Kier alpha value is -2.05. The van der Waals surface area contributed by atoms with Crippen LogP contribution in [0.5, 0.6) is 5.75 Å². The molecule has 3 rings (SSSR count). The minimum absolute atomic E-state index is 0.165. The first-order chi connectivity index (χ1) is 12.0. The molecule has 0 unspecified atom stereocenters. The van der Waals surface area contributed by atoms with Gasteiger partial charge in [0.25, 0.3) is 5.91 Å². The summed E-state index contributed by atoms with van der Waals surface area (Å²) >= 11 is 6.10. The number of para-hydroxylation sites is 1.